The fraction of sp³-hybridized carbons (Fsp3) is 0.900. The van der Waals surface area contributed by atoms with E-state index in [9.17, 15) is 0 Å². The zero-order chi connectivity index (χ0) is 14.9. The topological polar surface area (TPSA) is 0 Å². The number of hydrogen-bond acceptors (Lipinski definition) is 0. The van der Waals surface area contributed by atoms with Crippen LogP contribution in [0.25, 0.3) is 0 Å². The molecule has 0 atom stereocenters. The molecule has 0 unspecified atom stereocenters. The molecule has 2 aliphatic carbocycles. The van der Waals surface area contributed by atoms with Gasteiger partial charge in [0.25, 0.3) is 0 Å². The van der Waals surface area contributed by atoms with Crippen molar-refractivity contribution in [3.63, 3.8) is 0 Å². The Kier molecular flexibility index (Phi) is 25.6. The van der Waals surface area contributed by atoms with Crippen molar-refractivity contribution in [2.75, 3.05) is 0 Å². The fourth-order valence-corrected chi connectivity index (χ4v) is 2.40. The van der Waals surface area contributed by atoms with Gasteiger partial charge in [-0.2, -0.15) is 0 Å². The van der Waals surface area contributed by atoms with E-state index in [0.29, 0.717) is 5.92 Å². The second-order valence-electron chi connectivity index (χ2n) is 5.60. The molecule has 0 bridgehead atoms. The van der Waals surface area contributed by atoms with Crippen molar-refractivity contribution in [2.45, 2.75) is 106 Å². The van der Waals surface area contributed by atoms with E-state index < -0.39 is 0 Å². The van der Waals surface area contributed by atoms with E-state index in [0.717, 1.165) is 5.92 Å². The first-order valence-corrected chi connectivity index (χ1v) is 8.70. The molecule has 2 rings (SSSR count). The first-order chi connectivity index (χ1) is 9.24. The van der Waals surface area contributed by atoms with Crippen LogP contribution in [-0.4, -0.2) is 0 Å². The van der Waals surface area contributed by atoms with Crippen LogP contribution in [0.4, 0.5) is 0 Å². The highest BCUT2D eigenvalue weighted by atomic mass is 14.1. The molecular formula is C20H42. The smallest absolute Gasteiger partial charge is 0.0200 e. The molecular weight excluding hydrogens is 240 g/mol. The van der Waals surface area contributed by atoms with Crippen molar-refractivity contribution in [2.24, 2.45) is 11.8 Å². The molecule has 0 radical (unpaired) electrons. The highest BCUT2D eigenvalue weighted by molar-refractivity contribution is 4.94. The fourth-order valence-electron chi connectivity index (χ4n) is 2.40. The first kappa shape index (κ1) is 24.6. The van der Waals surface area contributed by atoms with Crippen LogP contribution in [0.15, 0.2) is 0 Å². The van der Waals surface area contributed by atoms with E-state index in [1.165, 1.54) is 64.2 Å². The van der Waals surface area contributed by atoms with E-state index in [1.807, 2.05) is 13.8 Å². The van der Waals surface area contributed by atoms with Crippen LogP contribution in [0.2, 0.25) is 0 Å². The predicted molar refractivity (Wildman–Crippen MR) is 97.1 cm³/mol. The third-order valence-corrected chi connectivity index (χ3v) is 3.48. The molecule has 2 fully saturated rings. The lowest BCUT2D eigenvalue weighted by Gasteiger charge is -2.15. The molecule has 0 aromatic rings. The third-order valence-electron chi connectivity index (χ3n) is 3.48. The molecule has 20 heavy (non-hydrogen) atoms. The van der Waals surface area contributed by atoms with Gasteiger partial charge in [0.15, 0.2) is 0 Å². The van der Waals surface area contributed by atoms with Crippen LogP contribution < -0.4 is 0 Å². The molecule has 0 aliphatic heterocycles. The predicted octanol–water partition coefficient (Wildman–Crippen LogP) is 7.48. The summed E-state index contributed by atoms with van der Waals surface area (Å²) in [5, 5.41) is 0. The van der Waals surface area contributed by atoms with E-state index in [4.69, 9.17) is 6.42 Å². The Morgan fingerprint density at radius 1 is 0.850 bits per heavy atom. The summed E-state index contributed by atoms with van der Waals surface area (Å²) < 4.78 is 0. The summed E-state index contributed by atoms with van der Waals surface area (Å²) in [5.41, 5.74) is 0. The normalized spacial score (nSPS) is 17.8. The van der Waals surface area contributed by atoms with Crippen molar-refractivity contribution in [1.29, 1.82) is 0 Å². The summed E-state index contributed by atoms with van der Waals surface area (Å²) in [6.07, 6.45) is 19.1. The lowest BCUT2D eigenvalue weighted by molar-refractivity contribution is 0.385. The molecule has 0 amide bonds. The Bertz CT molecular complexity index is 175. The van der Waals surface area contributed by atoms with Gasteiger partial charge in [-0.1, -0.05) is 93.4 Å². The van der Waals surface area contributed by atoms with Crippen LogP contribution in [-0.2, 0) is 0 Å². The van der Waals surface area contributed by atoms with Gasteiger partial charge in [-0.3, -0.25) is 0 Å². The Morgan fingerprint density at radius 2 is 1.20 bits per heavy atom. The Hall–Kier alpha value is -0.440. The maximum Gasteiger partial charge on any atom is 0.0200 e. The van der Waals surface area contributed by atoms with Crippen molar-refractivity contribution < 1.29 is 0 Å². The van der Waals surface area contributed by atoms with Crippen LogP contribution in [0, 0.1) is 24.2 Å². The Morgan fingerprint density at radius 3 is 1.40 bits per heavy atom. The third kappa shape index (κ3) is 17.6. The standard InChI is InChI=1S/C7H14.C7H10.C3H8.C2H6.CH4/c1-7-5-3-2-4-6-7;1-2-7-5-3-4-6-7;1-3-2;1-2;/h7H,2-6H2,1H3;1,7H,3-6H2;3H2,1-2H3;1-2H3;1H4. The molecule has 0 heterocycles. The van der Waals surface area contributed by atoms with Gasteiger partial charge in [0.1, 0.15) is 0 Å². The molecule has 2 aliphatic rings. The summed E-state index contributed by atoms with van der Waals surface area (Å²) in [6, 6.07) is 0. The zero-order valence-corrected chi connectivity index (χ0v) is 14.3. The Labute approximate surface area is 131 Å². The minimum Gasteiger partial charge on any atom is -0.120 e. The summed E-state index contributed by atoms with van der Waals surface area (Å²) >= 11 is 0. The van der Waals surface area contributed by atoms with E-state index in [-0.39, 0.29) is 7.43 Å². The summed E-state index contributed by atoms with van der Waals surface area (Å²) in [6.45, 7) is 10.6. The van der Waals surface area contributed by atoms with Crippen molar-refractivity contribution >= 4 is 0 Å². The van der Waals surface area contributed by atoms with Crippen LogP contribution in [0.5, 0.6) is 0 Å². The van der Waals surface area contributed by atoms with Gasteiger partial charge in [0.05, 0.1) is 0 Å². The van der Waals surface area contributed by atoms with Gasteiger partial charge in [0, 0.05) is 5.92 Å². The quantitative estimate of drug-likeness (QED) is 0.404. The molecule has 0 N–H and O–H groups in total. The summed E-state index contributed by atoms with van der Waals surface area (Å²) in [4.78, 5) is 0. The van der Waals surface area contributed by atoms with Gasteiger partial charge in [-0.25, -0.2) is 0 Å². The van der Waals surface area contributed by atoms with E-state index in [1.54, 1.807) is 0 Å². The largest absolute Gasteiger partial charge is 0.120 e. The van der Waals surface area contributed by atoms with Crippen LogP contribution in [0.3, 0.4) is 0 Å². The summed E-state index contributed by atoms with van der Waals surface area (Å²) in [7, 11) is 0. The van der Waals surface area contributed by atoms with Crippen molar-refractivity contribution in [3.8, 4) is 12.3 Å². The maximum absolute atomic E-state index is 5.18. The van der Waals surface area contributed by atoms with Gasteiger partial charge >= 0.3 is 0 Å². The highest BCUT2D eigenvalue weighted by Gasteiger charge is 2.10. The average molecular weight is 283 g/mol. The maximum atomic E-state index is 5.18. The average Bonchev–Trinajstić information content (AvgIpc) is 2.97. The van der Waals surface area contributed by atoms with Gasteiger partial charge in [-0.05, 0) is 18.8 Å². The van der Waals surface area contributed by atoms with E-state index >= 15 is 0 Å². The lowest BCUT2D eigenvalue weighted by atomic mass is 9.91. The zero-order valence-electron chi connectivity index (χ0n) is 14.3. The minimum absolute atomic E-state index is 0. The Balaban J connectivity index is -0.000000213. The monoisotopic (exact) mass is 282 g/mol. The lowest BCUT2D eigenvalue weighted by Crippen LogP contribution is -1.99. The molecule has 0 saturated heterocycles. The molecule has 0 spiro atoms. The molecule has 0 heteroatoms. The molecule has 0 aromatic heterocycles. The van der Waals surface area contributed by atoms with Crippen LogP contribution in [0.1, 0.15) is 106 Å². The number of terminal acetylenes is 1. The van der Waals surface area contributed by atoms with Crippen LogP contribution >= 0.6 is 0 Å². The number of hydrogen-bond donors (Lipinski definition) is 0. The second-order valence-corrected chi connectivity index (χ2v) is 5.60. The molecule has 122 valence electrons. The molecule has 2 saturated carbocycles. The first-order valence-electron chi connectivity index (χ1n) is 8.70. The second kappa shape index (κ2) is 20.9. The van der Waals surface area contributed by atoms with Gasteiger partial charge in [-0.15, -0.1) is 12.3 Å². The van der Waals surface area contributed by atoms with E-state index in [2.05, 4.69) is 26.7 Å². The number of rotatable bonds is 0. The van der Waals surface area contributed by atoms with Gasteiger partial charge in [0.2, 0.25) is 0 Å². The van der Waals surface area contributed by atoms with Crippen molar-refractivity contribution in [3.05, 3.63) is 0 Å². The molecule has 0 aromatic carbocycles. The van der Waals surface area contributed by atoms with Gasteiger partial charge < -0.3 is 0 Å². The SMILES string of the molecule is C.C#CC1CCCC1.CC.CC1CCCCC1.CCC. The highest BCUT2D eigenvalue weighted by Crippen LogP contribution is 2.23. The minimum atomic E-state index is 0. The summed E-state index contributed by atoms with van der Waals surface area (Å²) in [5.74, 6) is 4.42. The van der Waals surface area contributed by atoms with Crippen molar-refractivity contribution in [1.82, 2.24) is 0 Å². The molecule has 0 nitrogen and oxygen atoms in total.